The molecule has 104 valence electrons. The highest BCUT2D eigenvalue weighted by Crippen LogP contribution is 2.11. The lowest BCUT2D eigenvalue weighted by molar-refractivity contribution is 0.281. The normalized spacial score (nSPS) is 10.4. The molecule has 0 unspecified atom stereocenters. The second kappa shape index (κ2) is 8.84. The molecule has 0 spiro atoms. The van der Waals surface area contributed by atoms with Crippen LogP contribution in [0.25, 0.3) is 0 Å². The van der Waals surface area contributed by atoms with E-state index in [4.69, 9.17) is 27.7 Å². The van der Waals surface area contributed by atoms with E-state index in [1.54, 1.807) is 0 Å². The molecule has 0 fully saturated rings. The van der Waals surface area contributed by atoms with Gasteiger partial charge >= 0.3 is 10.4 Å². The summed E-state index contributed by atoms with van der Waals surface area (Å²) in [5.74, 6) is 0. The van der Waals surface area contributed by atoms with Gasteiger partial charge in [0.2, 0.25) is 0 Å². The molecule has 0 aliphatic carbocycles. The lowest BCUT2D eigenvalue weighted by atomic mass is 10.3. The minimum absolute atomic E-state index is 0.106. The molecule has 0 heterocycles. The second-order valence-corrected chi connectivity index (χ2v) is 4.11. The van der Waals surface area contributed by atoms with E-state index in [9.17, 15) is 0 Å². The Morgan fingerprint density at radius 1 is 0.944 bits per heavy atom. The standard InChI is InChI=1S/C10H15NO2.H2O4S/c12-8-6-11(7-9-13)10-4-2-1-3-5-10;1-5(2,3)4/h1-5,12-13H,6-9H2;(H2,1,2,3,4). The first-order chi connectivity index (χ1) is 8.38. The number of benzene rings is 1. The number of hydrogen-bond acceptors (Lipinski definition) is 5. The van der Waals surface area contributed by atoms with E-state index in [1.165, 1.54) is 0 Å². The molecule has 4 N–H and O–H groups in total. The van der Waals surface area contributed by atoms with Crippen molar-refractivity contribution in [2.75, 3.05) is 31.2 Å². The summed E-state index contributed by atoms with van der Waals surface area (Å²) in [5.41, 5.74) is 1.03. The fourth-order valence-corrected chi connectivity index (χ4v) is 1.25. The van der Waals surface area contributed by atoms with Crippen molar-refractivity contribution in [3.8, 4) is 0 Å². The lowest BCUT2D eigenvalue weighted by Gasteiger charge is -2.22. The third-order valence-electron chi connectivity index (χ3n) is 1.86. The van der Waals surface area contributed by atoms with E-state index in [2.05, 4.69) is 0 Å². The summed E-state index contributed by atoms with van der Waals surface area (Å²) in [6, 6.07) is 9.75. The number of rotatable bonds is 5. The van der Waals surface area contributed by atoms with Gasteiger partial charge in [0.1, 0.15) is 0 Å². The van der Waals surface area contributed by atoms with Crippen molar-refractivity contribution >= 4 is 16.1 Å². The van der Waals surface area contributed by atoms with Gasteiger partial charge in [0.25, 0.3) is 0 Å². The van der Waals surface area contributed by atoms with Gasteiger partial charge in [-0.25, -0.2) is 0 Å². The zero-order chi connectivity index (χ0) is 14.0. The lowest BCUT2D eigenvalue weighted by Crippen LogP contribution is -2.29. The summed E-state index contributed by atoms with van der Waals surface area (Å²) < 4.78 is 31.6. The third-order valence-corrected chi connectivity index (χ3v) is 1.86. The second-order valence-electron chi connectivity index (χ2n) is 3.22. The molecule has 1 aromatic carbocycles. The number of aliphatic hydroxyl groups excluding tert-OH is 2. The predicted molar refractivity (Wildman–Crippen MR) is 67.0 cm³/mol. The third kappa shape index (κ3) is 10.00. The van der Waals surface area contributed by atoms with Gasteiger partial charge in [0.05, 0.1) is 13.2 Å². The summed E-state index contributed by atoms with van der Waals surface area (Å²) in [5, 5.41) is 17.6. The molecule has 1 aromatic rings. The first kappa shape index (κ1) is 16.8. The molecular formula is C10H17NO6S. The topological polar surface area (TPSA) is 118 Å². The Morgan fingerprint density at radius 3 is 1.67 bits per heavy atom. The van der Waals surface area contributed by atoms with Gasteiger partial charge in [-0.15, -0.1) is 0 Å². The highest BCUT2D eigenvalue weighted by atomic mass is 32.3. The Kier molecular flexibility index (Phi) is 8.25. The van der Waals surface area contributed by atoms with Gasteiger partial charge in [-0.1, -0.05) is 18.2 Å². The molecule has 0 aliphatic rings. The predicted octanol–water partition coefficient (Wildman–Crippen LogP) is -0.175. The Labute approximate surface area is 106 Å². The summed E-state index contributed by atoms with van der Waals surface area (Å²) in [7, 11) is -4.67. The Hall–Kier alpha value is -1.19. The molecule has 0 atom stereocenters. The van der Waals surface area contributed by atoms with Gasteiger partial charge < -0.3 is 15.1 Å². The number of anilines is 1. The van der Waals surface area contributed by atoms with Crippen LogP contribution in [-0.2, 0) is 10.4 Å². The highest BCUT2D eigenvalue weighted by molar-refractivity contribution is 7.79. The summed E-state index contributed by atoms with van der Waals surface area (Å²) in [6.45, 7) is 1.33. The SMILES string of the molecule is O=S(=O)(O)O.OCCN(CCO)c1ccccc1. The number of para-hydroxylation sites is 1. The molecule has 0 bridgehead atoms. The van der Waals surface area contributed by atoms with E-state index < -0.39 is 10.4 Å². The van der Waals surface area contributed by atoms with E-state index >= 15 is 0 Å². The average Bonchev–Trinajstić information content (AvgIpc) is 2.28. The van der Waals surface area contributed by atoms with E-state index in [0.717, 1.165) is 5.69 Å². The molecule has 8 heteroatoms. The number of hydrogen-bond donors (Lipinski definition) is 4. The van der Waals surface area contributed by atoms with Crippen molar-refractivity contribution in [1.82, 2.24) is 0 Å². The van der Waals surface area contributed by atoms with Crippen LogP contribution in [-0.4, -0.2) is 54.0 Å². The molecule has 7 nitrogen and oxygen atoms in total. The van der Waals surface area contributed by atoms with Gasteiger partial charge in [-0.3, -0.25) is 9.11 Å². The minimum Gasteiger partial charge on any atom is -0.395 e. The van der Waals surface area contributed by atoms with Gasteiger partial charge in [0, 0.05) is 18.8 Å². The first-order valence-corrected chi connectivity index (χ1v) is 6.49. The van der Waals surface area contributed by atoms with Crippen molar-refractivity contribution in [3.63, 3.8) is 0 Å². The van der Waals surface area contributed by atoms with Crippen LogP contribution in [0.1, 0.15) is 0 Å². The fraction of sp³-hybridized carbons (Fsp3) is 0.400. The largest absolute Gasteiger partial charge is 0.395 e. The van der Waals surface area contributed by atoms with E-state index in [0.29, 0.717) is 13.1 Å². The van der Waals surface area contributed by atoms with Crippen LogP contribution in [0, 0.1) is 0 Å². The monoisotopic (exact) mass is 279 g/mol. The Morgan fingerprint density at radius 2 is 1.33 bits per heavy atom. The zero-order valence-corrected chi connectivity index (χ0v) is 10.5. The van der Waals surface area contributed by atoms with Gasteiger partial charge in [-0.2, -0.15) is 8.42 Å². The van der Waals surface area contributed by atoms with E-state index in [1.807, 2.05) is 35.2 Å². The molecule has 0 aromatic heterocycles. The van der Waals surface area contributed by atoms with Crippen LogP contribution < -0.4 is 4.90 Å². The van der Waals surface area contributed by atoms with Crippen LogP contribution >= 0.6 is 0 Å². The van der Waals surface area contributed by atoms with Crippen LogP contribution in [0.3, 0.4) is 0 Å². The smallest absolute Gasteiger partial charge is 0.394 e. The minimum atomic E-state index is -4.67. The van der Waals surface area contributed by atoms with Crippen LogP contribution in [0.4, 0.5) is 5.69 Å². The zero-order valence-electron chi connectivity index (χ0n) is 9.68. The van der Waals surface area contributed by atoms with E-state index in [-0.39, 0.29) is 13.2 Å². The molecule has 0 radical (unpaired) electrons. The molecule has 0 amide bonds. The van der Waals surface area contributed by atoms with Crippen molar-refractivity contribution in [2.45, 2.75) is 0 Å². The maximum atomic E-state index is 8.80. The van der Waals surface area contributed by atoms with Crippen LogP contribution in [0.15, 0.2) is 30.3 Å². The number of aliphatic hydroxyl groups is 2. The summed E-state index contributed by atoms with van der Waals surface area (Å²) in [6.07, 6.45) is 0. The Balaban J connectivity index is 0.000000494. The average molecular weight is 279 g/mol. The Bertz CT molecular complexity index is 394. The molecule has 1 rings (SSSR count). The van der Waals surface area contributed by atoms with Crippen molar-refractivity contribution in [1.29, 1.82) is 0 Å². The molecular weight excluding hydrogens is 262 g/mol. The van der Waals surface area contributed by atoms with Gasteiger partial charge in [-0.05, 0) is 12.1 Å². The number of nitrogens with zero attached hydrogens (tertiary/aromatic N) is 1. The van der Waals surface area contributed by atoms with Crippen LogP contribution in [0.5, 0.6) is 0 Å². The maximum Gasteiger partial charge on any atom is 0.394 e. The molecule has 18 heavy (non-hydrogen) atoms. The summed E-state index contributed by atoms with van der Waals surface area (Å²) in [4.78, 5) is 1.94. The highest BCUT2D eigenvalue weighted by Gasteiger charge is 2.02. The van der Waals surface area contributed by atoms with Crippen molar-refractivity contribution in [3.05, 3.63) is 30.3 Å². The quantitative estimate of drug-likeness (QED) is 0.552. The molecule has 0 aliphatic heterocycles. The fourth-order valence-electron chi connectivity index (χ4n) is 1.25. The molecule has 0 saturated carbocycles. The first-order valence-electron chi connectivity index (χ1n) is 5.10. The van der Waals surface area contributed by atoms with Crippen molar-refractivity contribution < 1.29 is 27.7 Å². The van der Waals surface area contributed by atoms with Gasteiger partial charge in [0.15, 0.2) is 0 Å². The summed E-state index contributed by atoms with van der Waals surface area (Å²) >= 11 is 0. The maximum absolute atomic E-state index is 8.80. The van der Waals surface area contributed by atoms with Crippen molar-refractivity contribution in [2.24, 2.45) is 0 Å². The molecule has 0 saturated heterocycles. The van der Waals surface area contributed by atoms with Crippen LogP contribution in [0.2, 0.25) is 0 Å².